The van der Waals surface area contributed by atoms with Crippen molar-refractivity contribution in [2.75, 3.05) is 33.2 Å². The molecule has 0 spiro atoms. The van der Waals surface area contributed by atoms with Crippen LogP contribution >= 0.6 is 23.5 Å². The van der Waals surface area contributed by atoms with E-state index >= 15 is 0 Å². The molecule has 2 saturated heterocycles. The fraction of sp³-hybridized carbons (Fsp3) is 0.583. The van der Waals surface area contributed by atoms with E-state index in [0.29, 0.717) is 0 Å². The number of rotatable bonds is 14. The maximum Gasteiger partial charge on any atom is 0.490 e. The van der Waals surface area contributed by atoms with Crippen LogP contribution in [0.5, 0.6) is 0 Å². The molecule has 2 aliphatic heterocycles. The predicted molar refractivity (Wildman–Crippen MR) is 174 cm³/mol. The van der Waals surface area contributed by atoms with Crippen molar-refractivity contribution in [2.24, 2.45) is 7.05 Å². The fourth-order valence-corrected chi connectivity index (χ4v) is 9.56. The van der Waals surface area contributed by atoms with Gasteiger partial charge in [-0.25, -0.2) is 28.2 Å². The number of nitrogens with two attached hydrogens (primary N) is 1. The summed E-state index contributed by atoms with van der Waals surface area (Å²) in [7, 11) is -13.1. The monoisotopic (exact) mass is 830 g/mol. The number of methoxy groups -OCH3 is 2. The average molecular weight is 831 g/mol. The van der Waals surface area contributed by atoms with E-state index in [0.717, 1.165) is 10.9 Å². The van der Waals surface area contributed by atoms with Gasteiger partial charge >= 0.3 is 29.1 Å². The van der Waals surface area contributed by atoms with Gasteiger partial charge in [0.2, 0.25) is 11.7 Å². The predicted octanol–water partition coefficient (Wildman–Crippen LogP) is -2.51. The first-order chi connectivity index (χ1) is 25.2. The summed E-state index contributed by atoms with van der Waals surface area (Å²) >= 11 is 0. The van der Waals surface area contributed by atoms with Crippen LogP contribution in [0.25, 0.3) is 22.3 Å². The molecule has 4 aromatic rings. The molecule has 2 fully saturated rings. The van der Waals surface area contributed by atoms with Crippen molar-refractivity contribution >= 4 is 51.7 Å². The van der Waals surface area contributed by atoms with Crippen LogP contribution in [0.1, 0.15) is 18.3 Å². The number of hydrogen-bond donors (Lipinski definition) is 8. The summed E-state index contributed by atoms with van der Waals surface area (Å²) in [4.78, 5) is 72.1. The van der Waals surface area contributed by atoms with Crippen LogP contribution in [0.2, 0.25) is 0 Å². The molecule has 11 atom stereocenters. The van der Waals surface area contributed by atoms with E-state index in [2.05, 4.69) is 38.1 Å². The number of fused-ring (bicyclic) bond motifs is 2. The lowest BCUT2D eigenvalue weighted by molar-refractivity contribution is -0.746. The molecule has 6 rings (SSSR count). The van der Waals surface area contributed by atoms with Crippen LogP contribution in [0, 0.1) is 6.92 Å². The summed E-state index contributed by atoms with van der Waals surface area (Å²) in [5.41, 5.74) is 4.67. The number of aromatic nitrogens is 8. The zero-order valence-electron chi connectivity index (χ0n) is 28.3. The Labute approximate surface area is 301 Å². The Hall–Kier alpha value is -3.33. The molecule has 4 aromatic heterocycles. The van der Waals surface area contributed by atoms with Crippen LogP contribution < -0.4 is 21.4 Å². The van der Waals surface area contributed by atoms with Gasteiger partial charge in [0.15, 0.2) is 23.7 Å². The SMILES string of the molecule is COC1[C@@H](COP(=O)(O)OP(=O)(O)OP(=O)(O)OC[C@H]2O[C@@H](n3cnc4c(=O)[nH]c(C)nc43)[C@@H](O)C2O)O[C@@H]([n+]2cn(C)c3c(=O)[nH]c(N)nc32)[C@H]1OC. The molecule has 0 radical (unpaired) electrons. The topological polar surface area (TPSA) is 370 Å². The van der Waals surface area contributed by atoms with Crippen molar-refractivity contribution in [1.29, 1.82) is 0 Å². The molecule has 27 nitrogen and oxygen atoms in total. The maximum atomic E-state index is 12.7. The van der Waals surface area contributed by atoms with Crippen LogP contribution in [-0.4, -0.2) is 123 Å². The van der Waals surface area contributed by atoms with Gasteiger partial charge in [-0.1, -0.05) is 4.98 Å². The standard InChI is InChI=1S/C24H34N9O18P3/c1-9-27-18-12(20(36)28-9)26-7-32(18)22-15(35)14(34)10(48-22)5-46-52(38,39)50-54(42,43)51-53(40,41)47-6-11-16(44-3)17(45-4)23(49-11)33-8-31(2)13-19(33)29-24(25)30-21(13)37/h7-8,10-11,14-17,22-23,34-35H,5-6H2,1-4H3,(H6-,25,27,28,29,30,36,37,38,39,40,41,42,43)/p+1/t10-,11-,14?,15+,16?,17+,22-,23-/m1/s1. The van der Waals surface area contributed by atoms with Gasteiger partial charge in [0.25, 0.3) is 17.1 Å². The highest BCUT2D eigenvalue weighted by atomic mass is 31.3. The van der Waals surface area contributed by atoms with Crippen molar-refractivity contribution in [3.05, 3.63) is 39.2 Å². The van der Waals surface area contributed by atoms with E-state index in [1.54, 1.807) is 7.05 Å². The lowest BCUT2D eigenvalue weighted by Crippen LogP contribution is -2.47. The number of phosphoric acid groups is 3. The molecule has 30 heteroatoms. The van der Waals surface area contributed by atoms with Crippen LogP contribution in [-0.2, 0) is 57.4 Å². The van der Waals surface area contributed by atoms with E-state index < -0.39 is 96.9 Å². The van der Waals surface area contributed by atoms with Gasteiger partial charge < -0.3 is 54.6 Å². The second-order valence-electron chi connectivity index (χ2n) is 11.9. The number of aliphatic hydroxyl groups excluding tert-OH is 2. The molecule has 298 valence electrons. The first kappa shape index (κ1) is 40.3. The molecule has 0 aromatic carbocycles. The zero-order valence-corrected chi connectivity index (χ0v) is 31.0. The van der Waals surface area contributed by atoms with Crippen molar-refractivity contribution in [3.63, 3.8) is 0 Å². The molecule has 6 heterocycles. The molecule has 0 aliphatic carbocycles. The number of imidazole rings is 2. The quantitative estimate of drug-likeness (QED) is 0.0480. The van der Waals surface area contributed by atoms with Gasteiger partial charge in [0.05, 0.1) is 26.6 Å². The van der Waals surface area contributed by atoms with Gasteiger partial charge in [0.1, 0.15) is 42.4 Å². The van der Waals surface area contributed by atoms with Gasteiger partial charge in [-0.15, -0.1) is 0 Å². The van der Waals surface area contributed by atoms with Crippen molar-refractivity contribution in [1.82, 2.24) is 34.1 Å². The maximum absolute atomic E-state index is 12.7. The Morgan fingerprint density at radius 3 is 2.17 bits per heavy atom. The van der Waals surface area contributed by atoms with Gasteiger partial charge in [0, 0.05) is 14.2 Å². The van der Waals surface area contributed by atoms with E-state index in [1.165, 1.54) is 36.6 Å². The Morgan fingerprint density at radius 2 is 1.54 bits per heavy atom. The van der Waals surface area contributed by atoms with E-state index in [4.69, 9.17) is 29.2 Å². The Morgan fingerprint density at radius 1 is 0.907 bits per heavy atom. The molecular weight excluding hydrogens is 795 g/mol. The van der Waals surface area contributed by atoms with Crippen molar-refractivity contribution in [3.8, 4) is 0 Å². The molecule has 2 aliphatic rings. The number of anilines is 1. The lowest BCUT2D eigenvalue weighted by Gasteiger charge is -2.22. The van der Waals surface area contributed by atoms with Gasteiger partial charge in [-0.2, -0.15) is 8.62 Å². The highest BCUT2D eigenvalue weighted by Crippen LogP contribution is 2.67. The number of aryl methyl sites for hydroxylation is 2. The van der Waals surface area contributed by atoms with Crippen molar-refractivity contribution in [2.45, 2.75) is 56.0 Å². The minimum atomic E-state index is -5.95. The largest absolute Gasteiger partial charge is 0.490 e. The smallest absolute Gasteiger partial charge is 0.387 e. The van der Waals surface area contributed by atoms with Crippen LogP contribution in [0.4, 0.5) is 5.95 Å². The third kappa shape index (κ3) is 7.99. The van der Waals surface area contributed by atoms with E-state index in [1.807, 2.05) is 0 Å². The number of nitrogens with zero attached hydrogens (tertiary/aromatic N) is 6. The second-order valence-corrected chi connectivity index (χ2v) is 16.5. The number of aliphatic hydroxyl groups is 2. The minimum Gasteiger partial charge on any atom is -0.387 e. The van der Waals surface area contributed by atoms with Crippen LogP contribution in [0.15, 0.2) is 22.2 Å². The number of hydrogen-bond acceptors (Lipinski definition) is 19. The highest BCUT2D eigenvalue weighted by molar-refractivity contribution is 7.66. The third-order valence-corrected chi connectivity index (χ3v) is 12.5. The normalized spacial score (nSPS) is 29.4. The number of aromatic amines is 2. The number of nitrogens with one attached hydrogen (secondary N) is 2. The molecule has 0 bridgehead atoms. The third-order valence-electron chi connectivity index (χ3n) is 8.27. The summed E-state index contributed by atoms with van der Waals surface area (Å²) in [5, 5.41) is 21.1. The zero-order chi connectivity index (χ0) is 39.5. The Balaban J connectivity index is 1.07. The fourth-order valence-electron chi connectivity index (χ4n) is 6.03. The molecule has 0 amide bonds. The molecule has 0 saturated carbocycles. The van der Waals surface area contributed by atoms with Crippen LogP contribution in [0.3, 0.4) is 0 Å². The average Bonchev–Trinajstić information content (AvgIpc) is 3.80. The number of ether oxygens (including phenoxy) is 4. The summed E-state index contributed by atoms with van der Waals surface area (Å²) in [5.74, 6) is 0.00609. The number of H-pyrrole nitrogens is 2. The van der Waals surface area contributed by atoms with Gasteiger partial charge in [-0.3, -0.25) is 32.8 Å². The number of phosphoric ester groups is 2. The summed E-state index contributed by atoms with van der Waals surface area (Å²) in [6.07, 6.45) is -8.20. The van der Waals surface area contributed by atoms with E-state index in [-0.39, 0.29) is 34.1 Å². The Bertz CT molecular complexity index is 2310. The number of nitrogen functional groups attached to an aromatic ring is 1. The highest BCUT2D eigenvalue weighted by Gasteiger charge is 2.51. The van der Waals surface area contributed by atoms with Gasteiger partial charge in [-0.05, 0) is 6.92 Å². The molecule has 5 unspecified atom stereocenters. The second kappa shape index (κ2) is 15.0. The summed E-state index contributed by atoms with van der Waals surface area (Å²) < 4.78 is 82.2. The lowest BCUT2D eigenvalue weighted by atomic mass is 10.1. The Kier molecular flexibility index (Phi) is 11.2. The molecule has 9 N–H and O–H groups in total. The first-order valence-electron chi connectivity index (χ1n) is 15.4. The van der Waals surface area contributed by atoms with E-state index in [9.17, 15) is 48.2 Å². The first-order valence-corrected chi connectivity index (χ1v) is 19.9. The van der Waals surface area contributed by atoms with Crippen molar-refractivity contribution < 1.29 is 79.8 Å². The molecule has 54 heavy (non-hydrogen) atoms. The summed E-state index contributed by atoms with van der Waals surface area (Å²) in [6, 6.07) is 0. The summed E-state index contributed by atoms with van der Waals surface area (Å²) in [6.45, 7) is -0.409. The minimum absolute atomic E-state index is 0.0146. The molecular formula is C24H35N9O18P3+.